The fourth-order valence-electron chi connectivity index (χ4n) is 1.88. The van der Waals surface area contributed by atoms with E-state index >= 15 is 0 Å². The molecule has 0 unspecified atom stereocenters. The highest BCUT2D eigenvalue weighted by Crippen LogP contribution is 2.21. The highest BCUT2D eigenvalue weighted by Gasteiger charge is 2.10. The van der Waals surface area contributed by atoms with Gasteiger partial charge in [-0.25, -0.2) is 9.37 Å². The summed E-state index contributed by atoms with van der Waals surface area (Å²) < 4.78 is 13.3. The molecule has 6 heteroatoms. The van der Waals surface area contributed by atoms with Crippen molar-refractivity contribution in [2.75, 3.05) is 5.32 Å². The van der Waals surface area contributed by atoms with Gasteiger partial charge in [0.05, 0.1) is 10.7 Å². The topological polar surface area (TPSA) is 57.8 Å². The SMILES string of the molecule is O=C(Nc1ncc(F)cc1Br)c1ccc2cc[nH]c2c1. The quantitative estimate of drug-likeness (QED) is 0.750. The molecule has 1 amide bonds. The van der Waals surface area contributed by atoms with Gasteiger partial charge >= 0.3 is 0 Å². The number of anilines is 1. The Kier molecular flexibility index (Phi) is 3.23. The summed E-state index contributed by atoms with van der Waals surface area (Å²) in [4.78, 5) is 19.0. The number of rotatable bonds is 2. The number of benzene rings is 1. The van der Waals surface area contributed by atoms with E-state index in [1.807, 2.05) is 18.3 Å². The summed E-state index contributed by atoms with van der Waals surface area (Å²) in [6.07, 6.45) is 2.86. The number of pyridine rings is 1. The fraction of sp³-hybridized carbons (Fsp3) is 0. The number of hydrogen-bond acceptors (Lipinski definition) is 2. The highest BCUT2D eigenvalue weighted by atomic mass is 79.9. The number of nitrogens with zero attached hydrogens (tertiary/aromatic N) is 1. The van der Waals surface area contributed by atoms with E-state index in [1.54, 1.807) is 12.1 Å². The lowest BCUT2D eigenvalue weighted by molar-refractivity contribution is 0.102. The number of aromatic nitrogens is 2. The van der Waals surface area contributed by atoms with E-state index in [0.717, 1.165) is 17.1 Å². The van der Waals surface area contributed by atoms with Crippen molar-refractivity contribution in [3.8, 4) is 0 Å². The molecule has 2 N–H and O–H groups in total. The summed E-state index contributed by atoms with van der Waals surface area (Å²) in [7, 11) is 0. The first-order valence-electron chi connectivity index (χ1n) is 5.83. The van der Waals surface area contributed by atoms with E-state index in [1.165, 1.54) is 6.07 Å². The molecular formula is C14H9BrFN3O. The Morgan fingerprint density at radius 2 is 2.15 bits per heavy atom. The van der Waals surface area contributed by atoms with Crippen LogP contribution < -0.4 is 5.32 Å². The van der Waals surface area contributed by atoms with Gasteiger partial charge in [0.1, 0.15) is 11.6 Å². The first kappa shape index (κ1) is 12.8. The highest BCUT2D eigenvalue weighted by molar-refractivity contribution is 9.10. The van der Waals surface area contributed by atoms with Gasteiger partial charge < -0.3 is 10.3 Å². The van der Waals surface area contributed by atoms with Crippen LogP contribution in [-0.2, 0) is 0 Å². The van der Waals surface area contributed by atoms with Crippen molar-refractivity contribution < 1.29 is 9.18 Å². The van der Waals surface area contributed by atoms with E-state index in [0.29, 0.717) is 10.0 Å². The maximum Gasteiger partial charge on any atom is 0.256 e. The number of H-pyrrole nitrogens is 1. The third-order valence-electron chi connectivity index (χ3n) is 2.86. The summed E-state index contributed by atoms with van der Waals surface area (Å²) in [5.41, 5.74) is 1.38. The zero-order valence-corrected chi connectivity index (χ0v) is 11.7. The van der Waals surface area contributed by atoms with Crippen molar-refractivity contribution in [2.24, 2.45) is 0 Å². The molecule has 4 nitrogen and oxygen atoms in total. The Morgan fingerprint density at radius 1 is 1.30 bits per heavy atom. The number of carbonyl (C=O) groups is 1. The number of amides is 1. The predicted molar refractivity (Wildman–Crippen MR) is 78.1 cm³/mol. The molecule has 0 spiro atoms. The normalized spacial score (nSPS) is 10.7. The van der Waals surface area contributed by atoms with Crippen LogP contribution in [0.4, 0.5) is 10.2 Å². The molecule has 1 aromatic carbocycles. The third kappa shape index (κ3) is 2.42. The first-order chi connectivity index (χ1) is 9.63. The standard InChI is InChI=1S/C14H9BrFN3O/c15-11-6-10(16)7-18-13(11)19-14(20)9-2-1-8-3-4-17-12(8)5-9/h1-7,17H,(H,18,19,20). The van der Waals surface area contributed by atoms with Crippen LogP contribution in [0.2, 0.25) is 0 Å². The van der Waals surface area contributed by atoms with Crippen molar-refractivity contribution in [3.63, 3.8) is 0 Å². The van der Waals surface area contributed by atoms with Crippen molar-refractivity contribution in [1.82, 2.24) is 9.97 Å². The molecule has 0 atom stereocenters. The lowest BCUT2D eigenvalue weighted by Crippen LogP contribution is -2.13. The minimum atomic E-state index is -0.470. The summed E-state index contributed by atoms with van der Waals surface area (Å²) in [6, 6.07) is 8.50. The molecule has 0 saturated heterocycles. The minimum Gasteiger partial charge on any atom is -0.361 e. The number of nitrogens with one attached hydrogen (secondary N) is 2. The van der Waals surface area contributed by atoms with Gasteiger partial charge in [0.25, 0.3) is 5.91 Å². The van der Waals surface area contributed by atoms with Crippen molar-refractivity contribution in [3.05, 3.63) is 58.6 Å². The smallest absolute Gasteiger partial charge is 0.256 e. The molecule has 2 aromatic heterocycles. The lowest BCUT2D eigenvalue weighted by atomic mass is 10.1. The molecule has 3 rings (SSSR count). The van der Waals surface area contributed by atoms with Crippen molar-refractivity contribution in [2.45, 2.75) is 0 Å². The Labute approximate surface area is 122 Å². The molecule has 0 aliphatic rings. The summed E-state index contributed by atoms with van der Waals surface area (Å²) >= 11 is 3.16. The van der Waals surface area contributed by atoms with Crippen LogP contribution in [0.25, 0.3) is 10.9 Å². The average molecular weight is 334 g/mol. The molecule has 2 heterocycles. The zero-order valence-electron chi connectivity index (χ0n) is 10.2. The van der Waals surface area contributed by atoms with Crippen LogP contribution in [0.1, 0.15) is 10.4 Å². The van der Waals surface area contributed by atoms with Crippen LogP contribution in [0.3, 0.4) is 0 Å². The van der Waals surface area contributed by atoms with Gasteiger partial charge in [-0.3, -0.25) is 4.79 Å². The van der Waals surface area contributed by atoms with E-state index in [4.69, 9.17) is 0 Å². The van der Waals surface area contributed by atoms with Gasteiger partial charge in [0, 0.05) is 17.3 Å². The van der Waals surface area contributed by atoms with E-state index in [9.17, 15) is 9.18 Å². The number of fused-ring (bicyclic) bond motifs is 1. The average Bonchev–Trinajstić information content (AvgIpc) is 2.89. The van der Waals surface area contributed by atoms with Gasteiger partial charge in [0.15, 0.2) is 0 Å². The van der Waals surface area contributed by atoms with Crippen molar-refractivity contribution in [1.29, 1.82) is 0 Å². The Morgan fingerprint density at radius 3 is 2.95 bits per heavy atom. The molecule has 0 bridgehead atoms. The maximum absolute atomic E-state index is 12.9. The molecule has 20 heavy (non-hydrogen) atoms. The Balaban J connectivity index is 1.88. The molecule has 0 fully saturated rings. The minimum absolute atomic E-state index is 0.281. The van der Waals surface area contributed by atoms with Gasteiger partial charge in [-0.1, -0.05) is 6.07 Å². The molecule has 0 aliphatic heterocycles. The molecule has 0 saturated carbocycles. The summed E-state index contributed by atoms with van der Waals surface area (Å²) in [5.74, 6) is -0.494. The lowest BCUT2D eigenvalue weighted by Gasteiger charge is -2.06. The van der Waals surface area contributed by atoms with Crippen LogP contribution in [0, 0.1) is 5.82 Å². The van der Waals surface area contributed by atoms with E-state index in [2.05, 4.69) is 31.2 Å². The van der Waals surface area contributed by atoms with E-state index < -0.39 is 5.82 Å². The third-order valence-corrected chi connectivity index (χ3v) is 3.46. The molecule has 0 aliphatic carbocycles. The van der Waals surface area contributed by atoms with Crippen LogP contribution in [0.15, 0.2) is 47.2 Å². The predicted octanol–water partition coefficient (Wildman–Crippen LogP) is 3.72. The molecular weight excluding hydrogens is 325 g/mol. The zero-order chi connectivity index (χ0) is 14.1. The monoisotopic (exact) mass is 333 g/mol. The number of carbonyl (C=O) groups excluding carboxylic acids is 1. The molecule has 0 radical (unpaired) electrons. The maximum atomic E-state index is 12.9. The second kappa shape index (κ2) is 5.05. The van der Waals surface area contributed by atoms with E-state index in [-0.39, 0.29) is 11.7 Å². The van der Waals surface area contributed by atoms with Crippen LogP contribution >= 0.6 is 15.9 Å². The summed E-state index contributed by atoms with van der Waals surface area (Å²) in [5, 5.41) is 3.66. The van der Waals surface area contributed by atoms with Gasteiger partial charge in [0.2, 0.25) is 0 Å². The largest absolute Gasteiger partial charge is 0.361 e. The molecule has 100 valence electrons. The first-order valence-corrected chi connectivity index (χ1v) is 6.62. The van der Waals surface area contributed by atoms with Crippen LogP contribution in [0.5, 0.6) is 0 Å². The number of aromatic amines is 1. The van der Waals surface area contributed by atoms with Gasteiger partial charge in [-0.2, -0.15) is 0 Å². The number of halogens is 2. The van der Waals surface area contributed by atoms with Gasteiger partial charge in [-0.15, -0.1) is 0 Å². The van der Waals surface area contributed by atoms with Crippen molar-refractivity contribution >= 4 is 38.6 Å². The fourth-order valence-corrected chi connectivity index (χ4v) is 2.30. The Hall–Kier alpha value is -2.21. The summed E-state index contributed by atoms with van der Waals surface area (Å²) in [6.45, 7) is 0. The molecule has 3 aromatic rings. The van der Waals surface area contributed by atoms with Gasteiger partial charge in [-0.05, 0) is 45.6 Å². The van der Waals surface area contributed by atoms with Crippen LogP contribution in [-0.4, -0.2) is 15.9 Å². The Bertz CT molecular complexity index is 800. The second-order valence-electron chi connectivity index (χ2n) is 4.22. The number of hydrogen-bond donors (Lipinski definition) is 2. The second-order valence-corrected chi connectivity index (χ2v) is 5.07.